The summed E-state index contributed by atoms with van der Waals surface area (Å²) in [5, 5.41) is 0. The minimum Gasteiger partial charge on any atom is -0.367 e. The molecule has 0 fully saturated rings. The van der Waals surface area contributed by atoms with E-state index in [0.29, 0.717) is 0 Å². The van der Waals surface area contributed by atoms with Gasteiger partial charge in [-0.25, -0.2) is 4.79 Å². The number of hydrogen-bond acceptors (Lipinski definition) is 2. The van der Waals surface area contributed by atoms with Crippen LogP contribution in [0.4, 0.5) is 16.2 Å². The Morgan fingerprint density at radius 1 is 1.27 bits per heavy atom. The van der Waals surface area contributed by atoms with E-state index in [0.717, 1.165) is 25.2 Å². The van der Waals surface area contributed by atoms with E-state index in [4.69, 9.17) is 5.73 Å². The Hall–Kier alpha value is -2.49. The van der Waals surface area contributed by atoms with Crippen LogP contribution in [0.2, 0.25) is 0 Å². The van der Waals surface area contributed by atoms with Gasteiger partial charge in [0.05, 0.1) is 0 Å². The smallest absolute Gasteiger partial charge is 0.318 e. The predicted molar refractivity (Wildman–Crippen MR) is 90.4 cm³/mol. The highest BCUT2D eigenvalue weighted by molar-refractivity contribution is 5.90. The molecule has 0 bridgehead atoms. The predicted octanol–water partition coefficient (Wildman–Crippen LogP) is 3.07. The first kappa shape index (κ1) is 14.4. The molecule has 3 rings (SSSR count). The van der Waals surface area contributed by atoms with Crippen molar-refractivity contribution in [1.82, 2.24) is 0 Å². The average Bonchev–Trinajstić information content (AvgIpc) is 2.88. The highest BCUT2D eigenvalue weighted by atomic mass is 16.2. The van der Waals surface area contributed by atoms with E-state index >= 15 is 0 Å². The van der Waals surface area contributed by atoms with Crippen molar-refractivity contribution in [2.24, 2.45) is 5.73 Å². The van der Waals surface area contributed by atoms with Crippen molar-refractivity contribution in [3.05, 3.63) is 59.2 Å². The lowest BCUT2D eigenvalue weighted by molar-refractivity contribution is 0.255. The zero-order valence-corrected chi connectivity index (χ0v) is 13.0. The molecule has 1 heterocycles. The molecule has 0 saturated carbocycles. The fourth-order valence-electron chi connectivity index (χ4n) is 2.99. The second kappa shape index (κ2) is 5.72. The molecule has 22 heavy (non-hydrogen) atoms. The summed E-state index contributed by atoms with van der Waals surface area (Å²) < 4.78 is 0. The molecule has 2 N–H and O–H groups in total. The molecule has 0 aromatic heterocycles. The Morgan fingerprint density at radius 2 is 2.09 bits per heavy atom. The minimum absolute atomic E-state index is 0.436. The number of urea groups is 1. The van der Waals surface area contributed by atoms with E-state index in [2.05, 4.69) is 48.2 Å². The van der Waals surface area contributed by atoms with Gasteiger partial charge >= 0.3 is 6.03 Å². The number of amides is 2. The first-order valence-corrected chi connectivity index (χ1v) is 7.51. The van der Waals surface area contributed by atoms with Gasteiger partial charge in [-0.2, -0.15) is 0 Å². The summed E-state index contributed by atoms with van der Waals surface area (Å²) in [4.78, 5) is 15.1. The van der Waals surface area contributed by atoms with E-state index in [1.54, 1.807) is 7.05 Å². The third kappa shape index (κ3) is 2.77. The molecule has 2 aromatic rings. The van der Waals surface area contributed by atoms with Gasteiger partial charge in [-0.1, -0.05) is 29.8 Å². The molecule has 0 atom stereocenters. The number of hydrogen-bond donors (Lipinski definition) is 1. The van der Waals surface area contributed by atoms with Gasteiger partial charge in [0, 0.05) is 31.5 Å². The van der Waals surface area contributed by atoms with Crippen molar-refractivity contribution < 1.29 is 4.79 Å². The SMILES string of the molecule is Cc1cccc(CN2CCc3cc(N(C)C(N)=O)ccc32)c1. The van der Waals surface area contributed by atoms with Crippen LogP contribution in [0.25, 0.3) is 0 Å². The Balaban J connectivity index is 1.82. The van der Waals surface area contributed by atoms with E-state index in [1.807, 2.05) is 6.07 Å². The van der Waals surface area contributed by atoms with E-state index in [9.17, 15) is 4.79 Å². The van der Waals surface area contributed by atoms with Crippen molar-refractivity contribution in [2.45, 2.75) is 19.9 Å². The lowest BCUT2D eigenvalue weighted by Crippen LogP contribution is -2.31. The minimum atomic E-state index is -0.436. The largest absolute Gasteiger partial charge is 0.367 e. The number of primary amides is 1. The van der Waals surface area contributed by atoms with Crippen molar-refractivity contribution >= 4 is 17.4 Å². The van der Waals surface area contributed by atoms with Gasteiger partial charge in [-0.15, -0.1) is 0 Å². The number of aryl methyl sites for hydroxylation is 1. The molecule has 2 aromatic carbocycles. The van der Waals surface area contributed by atoms with Crippen LogP contribution in [0.1, 0.15) is 16.7 Å². The molecule has 114 valence electrons. The summed E-state index contributed by atoms with van der Waals surface area (Å²) in [6.07, 6.45) is 1.00. The number of nitrogens with zero attached hydrogens (tertiary/aromatic N) is 2. The molecule has 0 saturated heterocycles. The van der Waals surface area contributed by atoms with Gasteiger partial charge in [0.15, 0.2) is 0 Å². The second-order valence-corrected chi connectivity index (χ2v) is 5.87. The third-order valence-corrected chi connectivity index (χ3v) is 4.23. The standard InChI is InChI=1S/C18H21N3O/c1-13-4-3-5-14(10-13)12-21-9-8-15-11-16(6-7-17(15)21)20(2)18(19)22/h3-7,10-11H,8-9,12H2,1-2H3,(H2,19,22). The van der Waals surface area contributed by atoms with Crippen molar-refractivity contribution in [3.8, 4) is 0 Å². The fourth-order valence-corrected chi connectivity index (χ4v) is 2.99. The quantitative estimate of drug-likeness (QED) is 0.946. The van der Waals surface area contributed by atoms with Crippen LogP contribution in [0, 0.1) is 6.92 Å². The van der Waals surface area contributed by atoms with Gasteiger partial charge in [-0.3, -0.25) is 4.90 Å². The van der Waals surface area contributed by atoms with E-state index < -0.39 is 6.03 Å². The van der Waals surface area contributed by atoms with Gasteiger partial charge in [0.2, 0.25) is 0 Å². The van der Waals surface area contributed by atoms with Crippen LogP contribution >= 0.6 is 0 Å². The molecule has 0 unspecified atom stereocenters. The summed E-state index contributed by atoms with van der Waals surface area (Å²) in [5.41, 5.74) is 11.3. The number of nitrogens with two attached hydrogens (primary N) is 1. The monoisotopic (exact) mass is 295 g/mol. The Bertz CT molecular complexity index is 711. The van der Waals surface area contributed by atoms with Gasteiger partial charge in [0.25, 0.3) is 0 Å². The number of fused-ring (bicyclic) bond motifs is 1. The highest BCUT2D eigenvalue weighted by Crippen LogP contribution is 2.32. The zero-order chi connectivity index (χ0) is 15.7. The second-order valence-electron chi connectivity index (χ2n) is 5.87. The molecule has 0 spiro atoms. The Morgan fingerprint density at radius 3 is 2.82 bits per heavy atom. The Labute approximate surface area is 131 Å². The molecule has 4 heteroatoms. The third-order valence-electron chi connectivity index (χ3n) is 4.23. The van der Waals surface area contributed by atoms with E-state index in [1.165, 1.54) is 27.3 Å². The number of anilines is 2. The van der Waals surface area contributed by atoms with Crippen LogP contribution in [-0.2, 0) is 13.0 Å². The molecule has 1 aliphatic rings. The first-order valence-electron chi connectivity index (χ1n) is 7.51. The Kier molecular flexibility index (Phi) is 3.75. The lowest BCUT2D eigenvalue weighted by atomic mass is 10.1. The molecule has 1 aliphatic heterocycles. The number of carbonyl (C=O) groups excluding carboxylic acids is 1. The van der Waals surface area contributed by atoms with Crippen LogP contribution in [0.5, 0.6) is 0 Å². The maximum Gasteiger partial charge on any atom is 0.318 e. The molecule has 2 amide bonds. The summed E-state index contributed by atoms with van der Waals surface area (Å²) in [5.74, 6) is 0. The van der Waals surface area contributed by atoms with Gasteiger partial charge in [0.1, 0.15) is 0 Å². The summed E-state index contributed by atoms with van der Waals surface area (Å²) in [6, 6.07) is 14.3. The van der Waals surface area contributed by atoms with Crippen LogP contribution in [-0.4, -0.2) is 19.6 Å². The topological polar surface area (TPSA) is 49.6 Å². The summed E-state index contributed by atoms with van der Waals surface area (Å²) in [7, 11) is 1.70. The maximum atomic E-state index is 11.3. The molecule has 4 nitrogen and oxygen atoms in total. The molecule has 0 aliphatic carbocycles. The van der Waals surface area contributed by atoms with E-state index in [-0.39, 0.29) is 0 Å². The zero-order valence-electron chi connectivity index (χ0n) is 13.0. The average molecular weight is 295 g/mol. The molecular formula is C18H21N3O. The summed E-state index contributed by atoms with van der Waals surface area (Å²) >= 11 is 0. The number of carbonyl (C=O) groups is 1. The van der Waals surface area contributed by atoms with Crippen LogP contribution in [0.3, 0.4) is 0 Å². The number of rotatable bonds is 3. The van der Waals surface area contributed by atoms with Crippen LogP contribution < -0.4 is 15.5 Å². The molecular weight excluding hydrogens is 274 g/mol. The molecule has 0 radical (unpaired) electrons. The van der Waals surface area contributed by atoms with Crippen LogP contribution in [0.15, 0.2) is 42.5 Å². The normalized spacial score (nSPS) is 13.1. The van der Waals surface area contributed by atoms with Crippen molar-refractivity contribution in [1.29, 1.82) is 0 Å². The maximum absolute atomic E-state index is 11.3. The summed E-state index contributed by atoms with van der Waals surface area (Å²) in [6.45, 7) is 4.04. The van der Waals surface area contributed by atoms with Crippen molar-refractivity contribution in [2.75, 3.05) is 23.4 Å². The van der Waals surface area contributed by atoms with Gasteiger partial charge in [-0.05, 0) is 42.7 Å². The lowest BCUT2D eigenvalue weighted by Gasteiger charge is -2.21. The van der Waals surface area contributed by atoms with Gasteiger partial charge < -0.3 is 10.6 Å². The number of benzene rings is 2. The first-order chi connectivity index (χ1) is 10.5. The van der Waals surface area contributed by atoms with Crippen molar-refractivity contribution in [3.63, 3.8) is 0 Å². The fraction of sp³-hybridized carbons (Fsp3) is 0.278. The highest BCUT2D eigenvalue weighted by Gasteiger charge is 2.20.